The van der Waals surface area contributed by atoms with Gasteiger partial charge in [0.15, 0.2) is 11.5 Å². The molecule has 146 valence electrons. The highest BCUT2D eigenvalue weighted by molar-refractivity contribution is 6.03. The monoisotopic (exact) mass is 392 g/mol. The molecule has 7 nitrogen and oxygen atoms in total. The average molecular weight is 392 g/mol. The van der Waals surface area contributed by atoms with E-state index in [4.69, 9.17) is 5.11 Å². The molecule has 0 radical (unpaired) electrons. The molecule has 0 saturated carbocycles. The number of aromatic hydroxyl groups is 1. The second-order valence-corrected chi connectivity index (χ2v) is 5.83. The van der Waals surface area contributed by atoms with Crippen molar-refractivity contribution < 1.29 is 28.2 Å². The zero-order valence-electron chi connectivity index (χ0n) is 14.3. The van der Waals surface area contributed by atoms with Crippen LogP contribution in [0.1, 0.15) is 21.6 Å². The van der Waals surface area contributed by atoms with Crippen LogP contribution in [-0.4, -0.2) is 37.5 Å². The summed E-state index contributed by atoms with van der Waals surface area (Å²) < 4.78 is 38.7. The van der Waals surface area contributed by atoms with E-state index in [1.807, 2.05) is 0 Å². The Bertz CT molecular complexity index is 984. The molecule has 3 N–H and O–H groups in total. The number of benzene rings is 1. The Kier molecular flexibility index (Phi) is 5.32. The summed E-state index contributed by atoms with van der Waals surface area (Å²) >= 11 is 0. The van der Waals surface area contributed by atoms with Gasteiger partial charge >= 0.3 is 6.18 Å². The van der Waals surface area contributed by atoms with Crippen molar-refractivity contribution in [1.82, 2.24) is 14.8 Å². The van der Waals surface area contributed by atoms with Gasteiger partial charge in [0, 0.05) is 24.6 Å². The van der Waals surface area contributed by atoms with E-state index >= 15 is 0 Å². The van der Waals surface area contributed by atoms with Crippen LogP contribution >= 0.6 is 0 Å². The van der Waals surface area contributed by atoms with E-state index in [1.54, 1.807) is 24.3 Å². The number of hydrogen-bond acceptors (Lipinski definition) is 5. The van der Waals surface area contributed by atoms with E-state index in [2.05, 4.69) is 15.4 Å². The average Bonchev–Trinajstić information content (AvgIpc) is 3.04. The minimum Gasteiger partial charge on any atom is -0.493 e. The molecule has 0 spiro atoms. The number of alkyl halides is 3. The molecule has 1 aromatic carbocycles. The van der Waals surface area contributed by atoms with Crippen LogP contribution in [0, 0.1) is 0 Å². The Hall–Kier alpha value is -3.40. The van der Waals surface area contributed by atoms with Crippen LogP contribution in [0.2, 0.25) is 0 Å². The lowest BCUT2D eigenvalue weighted by molar-refractivity contribution is -0.137. The predicted molar refractivity (Wildman–Crippen MR) is 93.2 cm³/mol. The third-order valence-corrected chi connectivity index (χ3v) is 3.80. The van der Waals surface area contributed by atoms with E-state index in [0.29, 0.717) is 18.3 Å². The van der Waals surface area contributed by atoms with Gasteiger partial charge in [-0.2, -0.15) is 23.0 Å². The zero-order valence-corrected chi connectivity index (χ0v) is 14.3. The maximum atomic E-state index is 12.6. The van der Waals surface area contributed by atoms with E-state index in [-0.39, 0.29) is 18.1 Å². The van der Waals surface area contributed by atoms with Gasteiger partial charge in [0.25, 0.3) is 5.91 Å². The molecule has 2 heterocycles. The lowest BCUT2D eigenvalue weighted by Crippen LogP contribution is -2.13. The third-order valence-electron chi connectivity index (χ3n) is 3.80. The molecular formula is C18H15F3N4O3. The maximum Gasteiger partial charge on any atom is 0.417 e. The Balaban J connectivity index is 1.80. The fourth-order valence-electron chi connectivity index (χ4n) is 2.46. The highest BCUT2D eigenvalue weighted by Crippen LogP contribution is 2.29. The molecule has 0 aliphatic rings. The van der Waals surface area contributed by atoms with Crippen LogP contribution in [0.15, 0.2) is 48.7 Å². The van der Waals surface area contributed by atoms with Crippen molar-refractivity contribution in [2.45, 2.75) is 12.6 Å². The van der Waals surface area contributed by atoms with Gasteiger partial charge in [0.2, 0.25) is 5.88 Å². The number of carbonyl (C=O) groups excluding carboxylic acids is 1. The first-order valence-corrected chi connectivity index (χ1v) is 8.12. The number of aromatic nitrogens is 3. The molecule has 0 bridgehead atoms. The molecule has 0 atom stereocenters. The number of aliphatic hydroxyl groups is 1. The van der Waals surface area contributed by atoms with Crippen molar-refractivity contribution in [3.8, 4) is 11.7 Å². The predicted octanol–water partition coefficient (Wildman–Crippen LogP) is 2.78. The summed E-state index contributed by atoms with van der Waals surface area (Å²) in [4.78, 5) is 16.0. The van der Waals surface area contributed by atoms with Crippen LogP contribution in [0.4, 0.5) is 18.9 Å². The van der Waals surface area contributed by atoms with Gasteiger partial charge in [-0.05, 0) is 36.2 Å². The van der Waals surface area contributed by atoms with Crippen LogP contribution in [0.25, 0.3) is 5.82 Å². The number of pyridine rings is 1. The van der Waals surface area contributed by atoms with Crippen LogP contribution in [-0.2, 0) is 12.6 Å². The number of amides is 1. The quantitative estimate of drug-likeness (QED) is 0.620. The summed E-state index contributed by atoms with van der Waals surface area (Å²) in [6, 6.07) is 9.75. The third kappa shape index (κ3) is 4.29. The Morgan fingerprint density at radius 2 is 1.96 bits per heavy atom. The van der Waals surface area contributed by atoms with Gasteiger partial charge in [0.1, 0.15) is 0 Å². The van der Waals surface area contributed by atoms with Crippen LogP contribution < -0.4 is 5.32 Å². The summed E-state index contributed by atoms with van der Waals surface area (Å²) in [5, 5.41) is 25.4. The number of rotatable bonds is 5. The summed E-state index contributed by atoms with van der Waals surface area (Å²) in [6.45, 7) is -0.0319. The fraction of sp³-hybridized carbons (Fsp3) is 0.167. The molecule has 1 amide bonds. The lowest BCUT2D eigenvalue weighted by atomic mass is 10.1. The van der Waals surface area contributed by atoms with Crippen molar-refractivity contribution in [3.05, 3.63) is 65.5 Å². The molecule has 3 aromatic rings. The Morgan fingerprint density at radius 1 is 1.18 bits per heavy atom. The topological polar surface area (TPSA) is 100 Å². The van der Waals surface area contributed by atoms with E-state index in [1.165, 1.54) is 0 Å². The smallest absolute Gasteiger partial charge is 0.417 e. The minimum atomic E-state index is -4.53. The molecule has 0 aliphatic carbocycles. The molecule has 3 rings (SSSR count). The molecule has 2 aromatic heterocycles. The van der Waals surface area contributed by atoms with Gasteiger partial charge in [0.05, 0.1) is 5.56 Å². The molecule has 0 saturated heterocycles. The first-order valence-electron chi connectivity index (χ1n) is 8.12. The van der Waals surface area contributed by atoms with Gasteiger partial charge in [-0.1, -0.05) is 12.1 Å². The Labute approximate surface area is 157 Å². The molecule has 0 fully saturated rings. The maximum absolute atomic E-state index is 12.6. The number of hydrogen-bond donors (Lipinski definition) is 3. The number of aliphatic hydroxyl groups excluding tert-OH is 1. The van der Waals surface area contributed by atoms with Crippen molar-refractivity contribution in [2.75, 3.05) is 11.9 Å². The highest BCUT2D eigenvalue weighted by atomic mass is 19.4. The number of anilines is 1. The summed E-state index contributed by atoms with van der Waals surface area (Å²) in [7, 11) is 0. The first kappa shape index (κ1) is 19.4. The number of nitrogens with one attached hydrogen (secondary N) is 1. The number of nitrogens with zero attached hydrogens (tertiary/aromatic N) is 3. The lowest BCUT2D eigenvalue weighted by Gasteiger charge is -2.07. The Morgan fingerprint density at radius 3 is 2.61 bits per heavy atom. The number of carbonyl (C=O) groups is 1. The van der Waals surface area contributed by atoms with Crippen LogP contribution in [0.5, 0.6) is 5.88 Å². The van der Waals surface area contributed by atoms with Crippen LogP contribution in [0.3, 0.4) is 0 Å². The molecule has 0 unspecified atom stereocenters. The second-order valence-electron chi connectivity index (χ2n) is 5.83. The fourth-order valence-corrected chi connectivity index (χ4v) is 2.46. The van der Waals surface area contributed by atoms with E-state index in [0.717, 1.165) is 28.4 Å². The van der Waals surface area contributed by atoms with Gasteiger partial charge < -0.3 is 15.5 Å². The van der Waals surface area contributed by atoms with E-state index < -0.39 is 23.5 Å². The molecule has 10 heteroatoms. The molecular weight excluding hydrogens is 377 g/mol. The summed E-state index contributed by atoms with van der Waals surface area (Å²) in [6.07, 6.45) is -3.49. The summed E-state index contributed by atoms with van der Waals surface area (Å²) in [5.41, 5.74) is 0.204. The van der Waals surface area contributed by atoms with Gasteiger partial charge in [-0.3, -0.25) is 4.79 Å². The minimum absolute atomic E-state index is 0.0319. The van der Waals surface area contributed by atoms with Gasteiger partial charge in [-0.25, -0.2) is 4.98 Å². The zero-order chi connectivity index (χ0) is 20.3. The van der Waals surface area contributed by atoms with E-state index in [9.17, 15) is 23.1 Å². The summed E-state index contributed by atoms with van der Waals surface area (Å²) in [5.74, 6) is -1.15. The molecule has 28 heavy (non-hydrogen) atoms. The highest BCUT2D eigenvalue weighted by Gasteiger charge is 2.30. The van der Waals surface area contributed by atoms with Crippen molar-refractivity contribution in [1.29, 1.82) is 0 Å². The van der Waals surface area contributed by atoms with Crippen molar-refractivity contribution >= 4 is 11.6 Å². The van der Waals surface area contributed by atoms with Gasteiger partial charge in [-0.15, -0.1) is 0 Å². The largest absolute Gasteiger partial charge is 0.493 e. The van der Waals surface area contributed by atoms with Crippen molar-refractivity contribution in [3.63, 3.8) is 0 Å². The second kappa shape index (κ2) is 7.69. The SMILES string of the molecule is O=C(Nc1cccc(CCO)c1)c1cc(O)n(-c2ccc(C(F)(F)F)cn2)n1. The normalized spacial score (nSPS) is 11.4. The van der Waals surface area contributed by atoms with Crippen molar-refractivity contribution in [2.24, 2.45) is 0 Å². The first-order chi connectivity index (χ1) is 13.3. The number of halogens is 3. The standard InChI is InChI=1S/C18H15F3N4O3/c19-18(20,21)12-4-5-15(22-10-12)25-16(27)9-14(24-25)17(28)23-13-3-1-2-11(8-13)6-7-26/h1-5,8-10,26-27H,6-7H2,(H,23,28). The molecule has 0 aliphatic heterocycles.